The topological polar surface area (TPSA) is 29.1 Å². The van der Waals surface area contributed by atoms with E-state index in [1.54, 1.807) is 0 Å². The summed E-state index contributed by atoms with van der Waals surface area (Å²) in [5, 5.41) is 4.24. The van der Waals surface area contributed by atoms with Crippen LogP contribution in [0.15, 0.2) is 0 Å². The zero-order valence-electron chi connectivity index (χ0n) is 11.2. The molecule has 1 N–H and O–H groups in total. The third-order valence-corrected chi connectivity index (χ3v) is 6.03. The fourth-order valence-electron chi connectivity index (χ4n) is 2.54. The van der Waals surface area contributed by atoms with Crippen molar-refractivity contribution in [3.63, 3.8) is 0 Å². The molecule has 1 saturated carbocycles. The molecule has 0 aromatic heterocycles. The van der Waals surface area contributed by atoms with Crippen LogP contribution in [-0.2, 0) is 10.8 Å². The third-order valence-electron chi connectivity index (χ3n) is 3.79. The largest absolute Gasteiger partial charge is 0.313 e. The number of nitrogens with one attached hydrogen (secondary N) is 1. The van der Waals surface area contributed by atoms with E-state index in [4.69, 9.17) is 0 Å². The first-order valence-electron chi connectivity index (χ1n) is 6.72. The Hall–Kier alpha value is 0.110. The van der Waals surface area contributed by atoms with Gasteiger partial charge in [0.1, 0.15) is 0 Å². The van der Waals surface area contributed by atoms with Gasteiger partial charge >= 0.3 is 0 Å². The van der Waals surface area contributed by atoms with Gasteiger partial charge in [-0.3, -0.25) is 4.21 Å². The molecule has 1 rings (SSSR count). The van der Waals surface area contributed by atoms with Crippen molar-refractivity contribution < 1.29 is 4.21 Å². The molecule has 0 amide bonds. The molecule has 0 radical (unpaired) electrons. The van der Waals surface area contributed by atoms with E-state index >= 15 is 0 Å². The molecule has 0 aliphatic heterocycles. The summed E-state index contributed by atoms with van der Waals surface area (Å²) in [5.74, 6) is 0.743. The van der Waals surface area contributed by atoms with Crippen molar-refractivity contribution in [2.24, 2.45) is 5.92 Å². The lowest BCUT2D eigenvalue weighted by Crippen LogP contribution is -2.47. The zero-order chi connectivity index (χ0) is 12.1. The standard InChI is InChI=1S/C13H27NOS/c1-5-11(4)16(15)13-9-10(3)7-8-12(13)14-6-2/h10-14H,5-9H2,1-4H3. The van der Waals surface area contributed by atoms with E-state index in [-0.39, 0.29) is 0 Å². The van der Waals surface area contributed by atoms with Crippen LogP contribution >= 0.6 is 0 Å². The molecule has 1 aliphatic carbocycles. The lowest BCUT2D eigenvalue weighted by Gasteiger charge is -2.36. The Balaban J connectivity index is 2.66. The van der Waals surface area contributed by atoms with Crippen LogP contribution in [0, 0.1) is 5.92 Å². The fraction of sp³-hybridized carbons (Fsp3) is 1.00. The Labute approximate surface area is 103 Å². The summed E-state index contributed by atoms with van der Waals surface area (Å²) in [7, 11) is -0.666. The Bertz CT molecular complexity index is 232. The van der Waals surface area contributed by atoms with Gasteiger partial charge in [0.15, 0.2) is 0 Å². The van der Waals surface area contributed by atoms with Crippen LogP contribution in [0.4, 0.5) is 0 Å². The highest BCUT2D eigenvalue weighted by molar-refractivity contribution is 7.86. The lowest BCUT2D eigenvalue weighted by atomic mass is 9.87. The summed E-state index contributed by atoms with van der Waals surface area (Å²) in [4.78, 5) is 0. The molecule has 1 fully saturated rings. The van der Waals surface area contributed by atoms with E-state index < -0.39 is 10.8 Å². The Morgan fingerprint density at radius 1 is 1.38 bits per heavy atom. The minimum Gasteiger partial charge on any atom is -0.313 e. The number of hydrogen-bond donors (Lipinski definition) is 1. The van der Waals surface area contributed by atoms with Crippen LogP contribution < -0.4 is 5.32 Å². The Morgan fingerprint density at radius 3 is 2.62 bits per heavy atom. The van der Waals surface area contributed by atoms with Crippen LogP contribution in [0.5, 0.6) is 0 Å². The monoisotopic (exact) mass is 245 g/mol. The van der Waals surface area contributed by atoms with E-state index in [2.05, 4.69) is 33.0 Å². The molecule has 5 unspecified atom stereocenters. The van der Waals surface area contributed by atoms with E-state index in [9.17, 15) is 4.21 Å². The van der Waals surface area contributed by atoms with Crippen LogP contribution in [-0.4, -0.2) is 27.3 Å². The molecule has 0 aromatic carbocycles. The molecule has 0 spiro atoms. The Morgan fingerprint density at radius 2 is 2.06 bits per heavy atom. The molecule has 0 heterocycles. The van der Waals surface area contributed by atoms with Gasteiger partial charge in [-0.15, -0.1) is 0 Å². The first kappa shape index (κ1) is 14.2. The van der Waals surface area contributed by atoms with Crippen LogP contribution in [0.3, 0.4) is 0 Å². The minimum absolute atomic E-state index is 0.344. The van der Waals surface area contributed by atoms with Gasteiger partial charge in [-0.1, -0.05) is 27.7 Å². The van der Waals surface area contributed by atoms with E-state index in [0.29, 0.717) is 16.5 Å². The van der Waals surface area contributed by atoms with Gasteiger partial charge in [0, 0.05) is 22.1 Å². The average molecular weight is 245 g/mol. The van der Waals surface area contributed by atoms with Crippen LogP contribution in [0.25, 0.3) is 0 Å². The van der Waals surface area contributed by atoms with Gasteiger partial charge in [-0.2, -0.15) is 0 Å². The predicted molar refractivity (Wildman–Crippen MR) is 72.2 cm³/mol. The zero-order valence-corrected chi connectivity index (χ0v) is 12.0. The maximum absolute atomic E-state index is 12.4. The summed E-state index contributed by atoms with van der Waals surface area (Å²) in [6, 6.07) is 0.482. The first-order chi connectivity index (χ1) is 7.60. The summed E-state index contributed by atoms with van der Waals surface area (Å²) in [6.07, 6.45) is 4.64. The van der Waals surface area contributed by atoms with Crippen molar-refractivity contribution in [2.75, 3.05) is 6.54 Å². The summed E-state index contributed by atoms with van der Waals surface area (Å²) in [6.45, 7) is 9.69. The molecule has 16 heavy (non-hydrogen) atoms. The van der Waals surface area contributed by atoms with Gasteiger partial charge < -0.3 is 5.32 Å². The SMILES string of the molecule is CCNC1CCC(C)CC1S(=O)C(C)CC. The van der Waals surface area contributed by atoms with Gasteiger partial charge in [0.25, 0.3) is 0 Å². The predicted octanol–water partition coefficient (Wildman–Crippen LogP) is 2.70. The van der Waals surface area contributed by atoms with Gasteiger partial charge in [-0.25, -0.2) is 0 Å². The number of rotatable bonds is 5. The molecule has 0 bridgehead atoms. The molecule has 0 aromatic rings. The molecule has 96 valence electrons. The summed E-state index contributed by atoms with van der Waals surface area (Å²) >= 11 is 0. The van der Waals surface area contributed by atoms with Crippen molar-refractivity contribution in [1.29, 1.82) is 0 Å². The smallest absolute Gasteiger partial charge is 0.0506 e. The maximum atomic E-state index is 12.4. The Kier molecular flexibility index (Phi) is 5.98. The first-order valence-corrected chi connectivity index (χ1v) is 8.00. The summed E-state index contributed by atoms with van der Waals surface area (Å²) in [5.41, 5.74) is 0. The van der Waals surface area contributed by atoms with Crippen molar-refractivity contribution in [2.45, 2.75) is 69.9 Å². The maximum Gasteiger partial charge on any atom is 0.0506 e. The second-order valence-corrected chi connectivity index (χ2v) is 7.24. The summed E-state index contributed by atoms with van der Waals surface area (Å²) < 4.78 is 12.4. The van der Waals surface area contributed by atoms with E-state index in [1.165, 1.54) is 12.8 Å². The van der Waals surface area contributed by atoms with Gasteiger partial charge in [0.05, 0.1) is 5.25 Å². The second kappa shape index (κ2) is 6.75. The highest BCUT2D eigenvalue weighted by Crippen LogP contribution is 2.29. The molecule has 3 heteroatoms. The average Bonchev–Trinajstić information content (AvgIpc) is 2.29. The van der Waals surface area contributed by atoms with E-state index in [1.807, 2.05) is 0 Å². The second-order valence-electron chi connectivity index (χ2n) is 5.17. The normalized spacial score (nSPS) is 34.6. The highest BCUT2D eigenvalue weighted by atomic mass is 32.2. The fourth-order valence-corrected chi connectivity index (χ4v) is 4.54. The van der Waals surface area contributed by atoms with Crippen molar-refractivity contribution >= 4 is 10.8 Å². The van der Waals surface area contributed by atoms with Crippen molar-refractivity contribution in [3.05, 3.63) is 0 Å². The molecule has 1 aliphatic rings. The minimum atomic E-state index is -0.666. The molecule has 0 saturated heterocycles. The number of hydrogen-bond acceptors (Lipinski definition) is 2. The van der Waals surface area contributed by atoms with E-state index in [0.717, 1.165) is 25.3 Å². The highest BCUT2D eigenvalue weighted by Gasteiger charge is 2.33. The molecule has 2 nitrogen and oxygen atoms in total. The van der Waals surface area contributed by atoms with Gasteiger partial charge in [-0.05, 0) is 38.1 Å². The lowest BCUT2D eigenvalue weighted by molar-refractivity contribution is 0.316. The quantitative estimate of drug-likeness (QED) is 0.807. The molecule has 5 atom stereocenters. The van der Waals surface area contributed by atoms with Crippen LogP contribution in [0.2, 0.25) is 0 Å². The van der Waals surface area contributed by atoms with Crippen molar-refractivity contribution in [1.82, 2.24) is 5.32 Å². The van der Waals surface area contributed by atoms with Gasteiger partial charge in [0.2, 0.25) is 0 Å². The molecular weight excluding hydrogens is 218 g/mol. The van der Waals surface area contributed by atoms with Crippen LogP contribution in [0.1, 0.15) is 53.4 Å². The van der Waals surface area contributed by atoms with Crippen molar-refractivity contribution in [3.8, 4) is 0 Å². The third kappa shape index (κ3) is 3.56. The molecular formula is C13H27NOS.